The predicted molar refractivity (Wildman–Crippen MR) is 59.8 cm³/mol. The van der Waals surface area contributed by atoms with Crippen molar-refractivity contribution in [3.63, 3.8) is 0 Å². The molecule has 3 nitrogen and oxygen atoms in total. The molecule has 1 amide bonds. The van der Waals surface area contributed by atoms with Gasteiger partial charge in [0.05, 0.1) is 6.61 Å². The summed E-state index contributed by atoms with van der Waals surface area (Å²) >= 11 is 0. The highest BCUT2D eigenvalue weighted by Crippen LogP contribution is 2.18. The van der Waals surface area contributed by atoms with E-state index in [9.17, 15) is 4.79 Å². The summed E-state index contributed by atoms with van der Waals surface area (Å²) in [6.07, 6.45) is 1.05. The average molecular weight is 207 g/mol. The Bertz CT molecular complexity index is 347. The van der Waals surface area contributed by atoms with E-state index in [1.807, 2.05) is 26.0 Å². The summed E-state index contributed by atoms with van der Waals surface area (Å²) in [5.41, 5.74) is 7.37. The molecular weight excluding hydrogens is 190 g/mol. The molecule has 0 saturated carbocycles. The molecule has 0 aliphatic rings. The third kappa shape index (κ3) is 4.02. The van der Waals surface area contributed by atoms with E-state index in [1.165, 1.54) is 5.56 Å². The van der Waals surface area contributed by atoms with Crippen molar-refractivity contribution in [3.8, 4) is 5.75 Å². The fourth-order valence-electron chi connectivity index (χ4n) is 1.39. The van der Waals surface area contributed by atoms with Crippen molar-refractivity contribution in [2.24, 2.45) is 5.73 Å². The smallest absolute Gasteiger partial charge is 0.217 e. The third-order valence-electron chi connectivity index (χ3n) is 2.16. The van der Waals surface area contributed by atoms with Crippen LogP contribution in [0, 0.1) is 13.8 Å². The van der Waals surface area contributed by atoms with Gasteiger partial charge >= 0.3 is 0 Å². The summed E-state index contributed by atoms with van der Waals surface area (Å²) in [4.78, 5) is 10.5. The van der Waals surface area contributed by atoms with Crippen LogP contribution in [0.5, 0.6) is 5.75 Å². The lowest BCUT2D eigenvalue weighted by atomic mass is 10.1. The van der Waals surface area contributed by atoms with E-state index in [0.717, 1.165) is 11.3 Å². The van der Waals surface area contributed by atoms with E-state index in [1.54, 1.807) is 0 Å². The number of hydrogen-bond donors (Lipinski definition) is 1. The molecule has 0 fully saturated rings. The number of nitrogens with two attached hydrogens (primary N) is 1. The van der Waals surface area contributed by atoms with Gasteiger partial charge in [-0.3, -0.25) is 4.79 Å². The zero-order valence-corrected chi connectivity index (χ0v) is 9.25. The molecule has 0 aliphatic heterocycles. The molecule has 15 heavy (non-hydrogen) atoms. The quantitative estimate of drug-likeness (QED) is 0.750. The van der Waals surface area contributed by atoms with Gasteiger partial charge in [-0.25, -0.2) is 0 Å². The molecule has 0 spiro atoms. The maximum atomic E-state index is 10.5. The van der Waals surface area contributed by atoms with Gasteiger partial charge in [0.15, 0.2) is 0 Å². The highest BCUT2D eigenvalue weighted by Gasteiger charge is 2.00. The van der Waals surface area contributed by atoms with E-state index in [4.69, 9.17) is 10.5 Å². The van der Waals surface area contributed by atoms with Crippen LogP contribution in [-0.4, -0.2) is 12.5 Å². The molecule has 0 heterocycles. The van der Waals surface area contributed by atoms with E-state index >= 15 is 0 Å². The van der Waals surface area contributed by atoms with Gasteiger partial charge in [-0.15, -0.1) is 0 Å². The van der Waals surface area contributed by atoms with Crippen LogP contribution in [0.15, 0.2) is 18.2 Å². The van der Waals surface area contributed by atoms with Crippen LogP contribution in [0.2, 0.25) is 0 Å². The van der Waals surface area contributed by atoms with Gasteiger partial charge in [0.2, 0.25) is 5.91 Å². The fourth-order valence-corrected chi connectivity index (χ4v) is 1.39. The lowest BCUT2D eigenvalue weighted by Crippen LogP contribution is -2.12. The number of ether oxygens (including phenoxy) is 1. The Morgan fingerprint density at radius 1 is 1.40 bits per heavy atom. The summed E-state index contributed by atoms with van der Waals surface area (Å²) in [7, 11) is 0. The van der Waals surface area contributed by atoms with Gasteiger partial charge in [-0.1, -0.05) is 17.7 Å². The highest BCUT2D eigenvalue weighted by molar-refractivity contribution is 5.73. The lowest BCUT2D eigenvalue weighted by molar-refractivity contribution is -0.118. The lowest BCUT2D eigenvalue weighted by Gasteiger charge is -2.08. The zero-order valence-electron chi connectivity index (χ0n) is 9.25. The number of carbonyl (C=O) groups is 1. The zero-order chi connectivity index (χ0) is 11.3. The summed E-state index contributed by atoms with van der Waals surface area (Å²) in [5, 5.41) is 0. The standard InChI is InChI=1S/C12H17NO2/c1-9-5-6-11(10(2)8-9)15-7-3-4-12(13)14/h5-6,8H,3-4,7H2,1-2H3,(H2,13,14). The topological polar surface area (TPSA) is 52.3 Å². The minimum atomic E-state index is -0.278. The first kappa shape index (κ1) is 11.6. The summed E-state index contributed by atoms with van der Waals surface area (Å²) in [5.74, 6) is 0.601. The number of hydrogen-bond acceptors (Lipinski definition) is 2. The van der Waals surface area contributed by atoms with Crippen LogP contribution in [0.3, 0.4) is 0 Å². The van der Waals surface area contributed by atoms with E-state index < -0.39 is 0 Å². The van der Waals surface area contributed by atoms with E-state index in [2.05, 4.69) is 6.07 Å². The molecule has 0 unspecified atom stereocenters. The third-order valence-corrected chi connectivity index (χ3v) is 2.16. The molecule has 0 atom stereocenters. The van der Waals surface area contributed by atoms with Gasteiger partial charge in [0, 0.05) is 6.42 Å². The molecule has 2 N–H and O–H groups in total. The first-order valence-corrected chi connectivity index (χ1v) is 5.08. The fraction of sp³-hybridized carbons (Fsp3) is 0.417. The van der Waals surface area contributed by atoms with Gasteiger partial charge in [-0.2, -0.15) is 0 Å². The molecule has 3 heteroatoms. The second kappa shape index (κ2) is 5.39. The number of carbonyl (C=O) groups excluding carboxylic acids is 1. The molecule has 1 rings (SSSR count). The molecule has 1 aromatic rings. The second-order valence-electron chi connectivity index (χ2n) is 3.69. The number of benzene rings is 1. The molecule has 0 radical (unpaired) electrons. The van der Waals surface area contributed by atoms with Crippen molar-refractivity contribution >= 4 is 5.91 Å². The second-order valence-corrected chi connectivity index (χ2v) is 3.69. The van der Waals surface area contributed by atoms with Crippen LogP contribution < -0.4 is 10.5 Å². The van der Waals surface area contributed by atoms with Crippen LogP contribution >= 0.6 is 0 Å². The summed E-state index contributed by atoms with van der Waals surface area (Å²) < 4.78 is 5.53. The van der Waals surface area contributed by atoms with Crippen molar-refractivity contribution in [2.75, 3.05) is 6.61 Å². The first-order chi connectivity index (χ1) is 7.09. The van der Waals surface area contributed by atoms with Crippen LogP contribution in [0.1, 0.15) is 24.0 Å². The molecule has 0 saturated heterocycles. The Labute approximate surface area is 90.2 Å². The number of aryl methyl sites for hydroxylation is 2. The Kier molecular flexibility index (Phi) is 4.16. The minimum absolute atomic E-state index is 0.278. The summed E-state index contributed by atoms with van der Waals surface area (Å²) in [6.45, 7) is 4.59. The van der Waals surface area contributed by atoms with Gasteiger partial charge in [0.1, 0.15) is 5.75 Å². The van der Waals surface area contributed by atoms with Crippen molar-refractivity contribution in [1.82, 2.24) is 0 Å². The molecule has 1 aromatic carbocycles. The van der Waals surface area contributed by atoms with Crippen molar-refractivity contribution in [3.05, 3.63) is 29.3 Å². The molecule has 0 aromatic heterocycles. The van der Waals surface area contributed by atoms with E-state index in [0.29, 0.717) is 19.4 Å². The van der Waals surface area contributed by atoms with Gasteiger partial charge in [-0.05, 0) is 31.9 Å². The van der Waals surface area contributed by atoms with Crippen LogP contribution in [-0.2, 0) is 4.79 Å². The monoisotopic (exact) mass is 207 g/mol. The number of rotatable bonds is 5. The molecule has 0 aliphatic carbocycles. The molecule has 82 valence electrons. The average Bonchev–Trinajstić information content (AvgIpc) is 2.14. The number of primary amides is 1. The van der Waals surface area contributed by atoms with Crippen LogP contribution in [0.4, 0.5) is 0 Å². The Hall–Kier alpha value is -1.51. The normalized spacial score (nSPS) is 10.0. The van der Waals surface area contributed by atoms with Gasteiger partial charge in [0.25, 0.3) is 0 Å². The largest absolute Gasteiger partial charge is 0.493 e. The Morgan fingerprint density at radius 2 is 2.13 bits per heavy atom. The van der Waals surface area contributed by atoms with E-state index in [-0.39, 0.29) is 5.91 Å². The Morgan fingerprint density at radius 3 is 2.73 bits per heavy atom. The first-order valence-electron chi connectivity index (χ1n) is 5.08. The predicted octanol–water partition coefficient (Wildman–Crippen LogP) is 1.95. The maximum Gasteiger partial charge on any atom is 0.217 e. The SMILES string of the molecule is Cc1ccc(OCCCC(N)=O)c(C)c1. The minimum Gasteiger partial charge on any atom is -0.493 e. The maximum absolute atomic E-state index is 10.5. The van der Waals surface area contributed by atoms with Crippen molar-refractivity contribution in [2.45, 2.75) is 26.7 Å². The van der Waals surface area contributed by atoms with Crippen molar-refractivity contribution in [1.29, 1.82) is 0 Å². The molecule has 0 bridgehead atoms. The highest BCUT2D eigenvalue weighted by atomic mass is 16.5. The van der Waals surface area contributed by atoms with Crippen molar-refractivity contribution < 1.29 is 9.53 Å². The molecular formula is C12H17NO2. The summed E-state index contributed by atoms with van der Waals surface area (Å²) in [6, 6.07) is 6.04. The van der Waals surface area contributed by atoms with Crippen LogP contribution in [0.25, 0.3) is 0 Å². The number of amides is 1. The Balaban J connectivity index is 2.40. The van der Waals surface area contributed by atoms with Gasteiger partial charge < -0.3 is 10.5 Å².